The average Bonchev–Trinajstić information content (AvgIpc) is 2.93. The zero-order chi connectivity index (χ0) is 12.5. The topological polar surface area (TPSA) is 46.6 Å². The van der Waals surface area contributed by atoms with Gasteiger partial charge in [-0.1, -0.05) is 0 Å². The highest BCUT2D eigenvalue weighted by Gasteiger charge is 2.24. The molecule has 2 N–H and O–H groups in total. The molecule has 0 spiro atoms. The van der Waals surface area contributed by atoms with Gasteiger partial charge in [-0.25, -0.2) is 4.98 Å². The maximum absolute atomic E-state index is 5.75. The summed E-state index contributed by atoms with van der Waals surface area (Å²) < 4.78 is 2.20. The van der Waals surface area contributed by atoms with Crippen molar-refractivity contribution in [2.75, 3.05) is 29.5 Å². The normalized spacial score (nSPS) is 20.8. The molecule has 1 aliphatic heterocycles. The molecule has 1 unspecified atom stereocenters. The zero-order valence-corrected chi connectivity index (χ0v) is 12.1. The first-order chi connectivity index (χ1) is 8.81. The summed E-state index contributed by atoms with van der Waals surface area (Å²) in [6, 6.07) is 0.560. The molecule has 6 heteroatoms. The van der Waals surface area contributed by atoms with Gasteiger partial charge in [0, 0.05) is 42.1 Å². The molecule has 3 rings (SSSR count). The highest BCUT2D eigenvalue weighted by Crippen LogP contribution is 2.29. The predicted molar refractivity (Wildman–Crippen MR) is 80.0 cm³/mol. The van der Waals surface area contributed by atoms with Gasteiger partial charge in [-0.05, 0) is 13.5 Å². The molecule has 98 valence electrons. The largest absolute Gasteiger partial charge is 0.351 e. The Balaban J connectivity index is 2.03. The Morgan fingerprint density at radius 1 is 1.56 bits per heavy atom. The van der Waals surface area contributed by atoms with Gasteiger partial charge in [0.25, 0.3) is 0 Å². The summed E-state index contributed by atoms with van der Waals surface area (Å²) in [7, 11) is 0. The molecule has 0 aliphatic carbocycles. The lowest BCUT2D eigenvalue weighted by atomic mass is 10.2. The Hall–Kier alpha value is -0.720. The first-order valence-electron chi connectivity index (χ1n) is 6.30. The number of rotatable bonds is 3. The van der Waals surface area contributed by atoms with E-state index in [0.29, 0.717) is 12.6 Å². The van der Waals surface area contributed by atoms with Crippen LogP contribution >= 0.6 is 23.1 Å². The lowest BCUT2D eigenvalue weighted by Gasteiger charge is -2.34. The first-order valence-corrected chi connectivity index (χ1v) is 8.33. The molecule has 1 saturated heterocycles. The molecular weight excluding hydrogens is 264 g/mol. The Kier molecular flexibility index (Phi) is 3.50. The second kappa shape index (κ2) is 5.11. The number of nitrogens with zero attached hydrogens (tertiary/aromatic N) is 3. The third-order valence-corrected chi connectivity index (χ3v) is 5.31. The second-order valence-electron chi connectivity index (χ2n) is 4.59. The molecule has 0 bridgehead atoms. The van der Waals surface area contributed by atoms with Gasteiger partial charge < -0.3 is 10.6 Å². The van der Waals surface area contributed by atoms with Crippen molar-refractivity contribution in [1.29, 1.82) is 0 Å². The van der Waals surface area contributed by atoms with Crippen LogP contribution in [0.5, 0.6) is 0 Å². The summed E-state index contributed by atoms with van der Waals surface area (Å²) in [6.07, 6.45) is 2.99. The number of aromatic nitrogens is 2. The highest BCUT2D eigenvalue weighted by molar-refractivity contribution is 7.99. The summed E-state index contributed by atoms with van der Waals surface area (Å²) in [5.41, 5.74) is 7.02. The third-order valence-electron chi connectivity index (χ3n) is 3.36. The summed E-state index contributed by atoms with van der Waals surface area (Å²) in [5.74, 6) is 3.53. The highest BCUT2D eigenvalue weighted by atomic mass is 32.2. The molecular formula is C12H18N4S2. The van der Waals surface area contributed by atoms with E-state index in [9.17, 15) is 0 Å². The summed E-state index contributed by atoms with van der Waals surface area (Å²) in [4.78, 5) is 8.34. The number of imidazole rings is 1. The standard InChI is InChI=1S/C12H18N4S2/c1-9-8-17-6-4-15(9)11-10(2-3-13)16-5-7-18-12(16)14-11/h5,7,9H,2-4,6,8,13H2,1H3. The fourth-order valence-electron chi connectivity index (χ4n) is 2.46. The van der Waals surface area contributed by atoms with E-state index in [2.05, 4.69) is 27.8 Å². The van der Waals surface area contributed by atoms with Gasteiger partial charge in [0.15, 0.2) is 10.8 Å². The molecule has 1 fully saturated rings. The van der Waals surface area contributed by atoms with Gasteiger partial charge in [0.1, 0.15) is 0 Å². The van der Waals surface area contributed by atoms with Crippen LogP contribution in [0.15, 0.2) is 11.6 Å². The molecule has 2 aromatic heterocycles. The number of thioether (sulfide) groups is 1. The maximum atomic E-state index is 5.75. The van der Waals surface area contributed by atoms with E-state index < -0.39 is 0 Å². The Morgan fingerprint density at radius 3 is 3.22 bits per heavy atom. The van der Waals surface area contributed by atoms with Crippen LogP contribution in [0, 0.1) is 0 Å². The number of fused-ring (bicyclic) bond motifs is 1. The minimum atomic E-state index is 0.560. The number of nitrogens with two attached hydrogens (primary N) is 1. The Labute approximate surface area is 115 Å². The van der Waals surface area contributed by atoms with Gasteiger partial charge in [0.2, 0.25) is 0 Å². The molecule has 3 heterocycles. The minimum Gasteiger partial charge on any atom is -0.351 e. The smallest absolute Gasteiger partial charge is 0.195 e. The van der Waals surface area contributed by atoms with Crippen molar-refractivity contribution >= 4 is 33.9 Å². The molecule has 0 saturated carbocycles. The van der Waals surface area contributed by atoms with E-state index in [1.807, 2.05) is 11.8 Å². The lowest BCUT2D eigenvalue weighted by Crippen LogP contribution is -2.41. The zero-order valence-electron chi connectivity index (χ0n) is 10.5. The van der Waals surface area contributed by atoms with E-state index in [0.717, 1.165) is 23.7 Å². The monoisotopic (exact) mass is 282 g/mol. The second-order valence-corrected chi connectivity index (χ2v) is 6.62. The SMILES string of the molecule is CC1CSCCN1c1nc2sccn2c1CCN. The van der Waals surface area contributed by atoms with Crippen molar-refractivity contribution in [1.82, 2.24) is 9.38 Å². The quantitative estimate of drug-likeness (QED) is 0.933. The fraction of sp³-hybridized carbons (Fsp3) is 0.583. The number of hydrogen-bond donors (Lipinski definition) is 1. The molecule has 4 nitrogen and oxygen atoms in total. The van der Waals surface area contributed by atoms with Crippen molar-refractivity contribution in [3.63, 3.8) is 0 Å². The molecule has 1 aliphatic rings. The van der Waals surface area contributed by atoms with E-state index in [1.54, 1.807) is 11.3 Å². The van der Waals surface area contributed by atoms with Gasteiger partial charge in [-0.2, -0.15) is 11.8 Å². The summed E-state index contributed by atoms with van der Waals surface area (Å²) >= 11 is 3.72. The van der Waals surface area contributed by atoms with Crippen LogP contribution in [0.1, 0.15) is 12.6 Å². The molecule has 18 heavy (non-hydrogen) atoms. The summed E-state index contributed by atoms with van der Waals surface area (Å²) in [5, 5.41) is 2.08. The van der Waals surface area contributed by atoms with Crippen LogP contribution in [0.3, 0.4) is 0 Å². The van der Waals surface area contributed by atoms with E-state index in [-0.39, 0.29) is 0 Å². The maximum Gasteiger partial charge on any atom is 0.195 e. The van der Waals surface area contributed by atoms with E-state index in [4.69, 9.17) is 10.7 Å². The van der Waals surface area contributed by atoms with Crippen LogP contribution in [-0.2, 0) is 6.42 Å². The van der Waals surface area contributed by atoms with Crippen molar-refractivity contribution in [2.24, 2.45) is 5.73 Å². The number of hydrogen-bond acceptors (Lipinski definition) is 5. The summed E-state index contributed by atoms with van der Waals surface area (Å²) in [6.45, 7) is 4.05. The number of anilines is 1. The minimum absolute atomic E-state index is 0.560. The van der Waals surface area contributed by atoms with E-state index in [1.165, 1.54) is 17.2 Å². The molecule has 2 aromatic rings. The molecule has 0 amide bonds. The van der Waals surface area contributed by atoms with E-state index >= 15 is 0 Å². The van der Waals surface area contributed by atoms with Crippen LogP contribution in [-0.4, -0.2) is 40.0 Å². The molecule has 1 atom stereocenters. The van der Waals surface area contributed by atoms with Crippen LogP contribution in [0.2, 0.25) is 0 Å². The molecule has 0 radical (unpaired) electrons. The fourth-order valence-corrected chi connectivity index (χ4v) is 4.20. The van der Waals surface area contributed by atoms with Crippen LogP contribution < -0.4 is 10.6 Å². The van der Waals surface area contributed by atoms with Gasteiger partial charge in [0.05, 0.1) is 5.69 Å². The van der Waals surface area contributed by atoms with Crippen molar-refractivity contribution in [2.45, 2.75) is 19.4 Å². The van der Waals surface area contributed by atoms with Gasteiger partial charge in [-0.15, -0.1) is 11.3 Å². The van der Waals surface area contributed by atoms with Crippen molar-refractivity contribution in [3.05, 3.63) is 17.3 Å². The Morgan fingerprint density at radius 2 is 2.44 bits per heavy atom. The molecule has 0 aromatic carbocycles. The first kappa shape index (κ1) is 12.3. The number of thiazole rings is 1. The van der Waals surface area contributed by atoms with Crippen molar-refractivity contribution < 1.29 is 0 Å². The van der Waals surface area contributed by atoms with Gasteiger partial charge in [-0.3, -0.25) is 4.40 Å². The predicted octanol–water partition coefficient (Wildman–Crippen LogP) is 1.84. The Bertz CT molecular complexity index is 533. The van der Waals surface area contributed by atoms with Crippen LogP contribution in [0.25, 0.3) is 4.96 Å². The van der Waals surface area contributed by atoms with Crippen molar-refractivity contribution in [3.8, 4) is 0 Å². The lowest BCUT2D eigenvalue weighted by molar-refractivity contribution is 0.685. The average molecular weight is 282 g/mol. The third kappa shape index (κ3) is 2.02. The van der Waals surface area contributed by atoms with Crippen LogP contribution in [0.4, 0.5) is 5.82 Å². The van der Waals surface area contributed by atoms with Gasteiger partial charge >= 0.3 is 0 Å².